The van der Waals surface area contributed by atoms with Crippen molar-refractivity contribution in [2.45, 2.75) is 45.9 Å². The van der Waals surface area contributed by atoms with Crippen molar-refractivity contribution in [2.24, 2.45) is 0 Å². The molecule has 26 heavy (non-hydrogen) atoms. The Bertz CT molecular complexity index is 954. The van der Waals surface area contributed by atoms with Crippen LogP contribution in [0.3, 0.4) is 0 Å². The standard InChI is InChI=1S/C22H27N3O/c1-15-5-8-20-19(11-15)18-9-10-24(4)13-21(18)25(20)14-22(3,26)17-7-6-16(2)23-12-17/h5-8,11-12,26H,9-10,13-14H2,1-4H3. The van der Waals surface area contributed by atoms with E-state index in [4.69, 9.17) is 0 Å². The number of hydrogen-bond donors (Lipinski definition) is 1. The van der Waals surface area contributed by atoms with E-state index >= 15 is 0 Å². The Morgan fingerprint density at radius 3 is 2.73 bits per heavy atom. The molecule has 4 nitrogen and oxygen atoms in total. The van der Waals surface area contributed by atoms with Gasteiger partial charge < -0.3 is 14.6 Å². The van der Waals surface area contributed by atoms with Crippen LogP contribution in [0.5, 0.6) is 0 Å². The number of nitrogens with zero attached hydrogens (tertiary/aromatic N) is 3. The zero-order chi connectivity index (χ0) is 18.5. The molecule has 0 saturated carbocycles. The number of benzene rings is 1. The van der Waals surface area contributed by atoms with Crippen molar-refractivity contribution in [3.05, 3.63) is 64.6 Å². The molecule has 0 saturated heterocycles. The summed E-state index contributed by atoms with van der Waals surface area (Å²) in [6.45, 7) is 8.53. The molecule has 1 aromatic carbocycles. The number of aromatic nitrogens is 2. The molecule has 1 N–H and O–H groups in total. The lowest BCUT2D eigenvalue weighted by Crippen LogP contribution is -2.32. The fourth-order valence-corrected chi connectivity index (χ4v) is 4.05. The van der Waals surface area contributed by atoms with E-state index in [1.54, 1.807) is 6.20 Å². The van der Waals surface area contributed by atoms with E-state index < -0.39 is 5.60 Å². The predicted molar refractivity (Wildman–Crippen MR) is 105 cm³/mol. The molecular formula is C22H27N3O. The van der Waals surface area contributed by atoms with Gasteiger partial charge in [-0.15, -0.1) is 0 Å². The third-order valence-electron chi connectivity index (χ3n) is 5.60. The highest BCUT2D eigenvalue weighted by Crippen LogP contribution is 2.34. The molecule has 1 aliphatic heterocycles. The highest BCUT2D eigenvalue weighted by Gasteiger charge is 2.29. The van der Waals surface area contributed by atoms with Crippen LogP contribution >= 0.6 is 0 Å². The minimum Gasteiger partial charge on any atom is -0.384 e. The van der Waals surface area contributed by atoms with Crippen molar-refractivity contribution in [3.63, 3.8) is 0 Å². The van der Waals surface area contributed by atoms with Crippen LogP contribution in [0.25, 0.3) is 10.9 Å². The maximum atomic E-state index is 11.3. The maximum Gasteiger partial charge on any atom is 0.106 e. The van der Waals surface area contributed by atoms with Crippen LogP contribution in [0.15, 0.2) is 36.5 Å². The van der Waals surface area contributed by atoms with Crippen molar-refractivity contribution in [1.29, 1.82) is 0 Å². The van der Waals surface area contributed by atoms with E-state index in [0.717, 1.165) is 30.8 Å². The summed E-state index contributed by atoms with van der Waals surface area (Å²) in [5.41, 5.74) is 6.13. The Labute approximate surface area is 155 Å². The highest BCUT2D eigenvalue weighted by atomic mass is 16.3. The minimum atomic E-state index is -0.971. The van der Waals surface area contributed by atoms with Crippen LogP contribution in [0.4, 0.5) is 0 Å². The Morgan fingerprint density at radius 1 is 1.19 bits per heavy atom. The van der Waals surface area contributed by atoms with E-state index in [1.165, 1.54) is 27.7 Å². The average molecular weight is 349 g/mol. The zero-order valence-electron chi connectivity index (χ0n) is 16.1. The van der Waals surface area contributed by atoms with Gasteiger partial charge in [0.1, 0.15) is 5.60 Å². The summed E-state index contributed by atoms with van der Waals surface area (Å²) < 4.78 is 2.32. The lowest BCUT2D eigenvalue weighted by Gasteiger charge is -2.29. The van der Waals surface area contributed by atoms with Crippen molar-refractivity contribution in [2.75, 3.05) is 13.6 Å². The molecule has 1 atom stereocenters. The van der Waals surface area contributed by atoms with Crippen LogP contribution in [0.2, 0.25) is 0 Å². The lowest BCUT2D eigenvalue weighted by molar-refractivity contribution is 0.0377. The van der Waals surface area contributed by atoms with E-state index in [0.29, 0.717) is 6.54 Å². The summed E-state index contributed by atoms with van der Waals surface area (Å²) in [5.74, 6) is 0. The second-order valence-corrected chi connectivity index (χ2v) is 7.98. The highest BCUT2D eigenvalue weighted by molar-refractivity contribution is 5.86. The number of hydrogen-bond acceptors (Lipinski definition) is 3. The molecule has 0 bridgehead atoms. The van der Waals surface area contributed by atoms with Crippen molar-refractivity contribution in [1.82, 2.24) is 14.5 Å². The second-order valence-electron chi connectivity index (χ2n) is 7.98. The molecule has 4 rings (SSSR count). The van der Waals surface area contributed by atoms with Gasteiger partial charge in [0.2, 0.25) is 0 Å². The molecular weight excluding hydrogens is 322 g/mol. The third kappa shape index (κ3) is 2.93. The van der Waals surface area contributed by atoms with Crippen molar-refractivity contribution >= 4 is 10.9 Å². The third-order valence-corrected chi connectivity index (χ3v) is 5.60. The van der Waals surface area contributed by atoms with Crippen LogP contribution < -0.4 is 0 Å². The Morgan fingerprint density at radius 2 is 2.00 bits per heavy atom. The molecule has 2 aromatic heterocycles. The molecule has 3 aromatic rings. The molecule has 0 spiro atoms. The number of aliphatic hydroxyl groups is 1. The monoisotopic (exact) mass is 349 g/mol. The van der Waals surface area contributed by atoms with Crippen LogP contribution in [-0.2, 0) is 25.1 Å². The molecule has 1 unspecified atom stereocenters. The summed E-state index contributed by atoms with van der Waals surface area (Å²) in [6.07, 6.45) is 2.86. The molecule has 0 amide bonds. The first-order valence-electron chi connectivity index (χ1n) is 9.30. The van der Waals surface area contributed by atoms with Gasteiger partial charge in [-0.05, 0) is 58.0 Å². The van der Waals surface area contributed by atoms with E-state index in [2.05, 4.69) is 46.6 Å². The summed E-state index contributed by atoms with van der Waals surface area (Å²) in [7, 11) is 2.16. The Balaban J connectivity index is 1.83. The van der Waals surface area contributed by atoms with Gasteiger partial charge in [0, 0.05) is 47.1 Å². The number of fused-ring (bicyclic) bond motifs is 3. The zero-order valence-corrected chi connectivity index (χ0v) is 16.1. The summed E-state index contributed by atoms with van der Waals surface area (Å²) in [6, 6.07) is 10.6. The van der Waals surface area contributed by atoms with Gasteiger partial charge in [-0.25, -0.2) is 0 Å². The second kappa shape index (κ2) is 6.22. The largest absolute Gasteiger partial charge is 0.384 e. The van der Waals surface area contributed by atoms with Gasteiger partial charge >= 0.3 is 0 Å². The molecule has 0 radical (unpaired) electrons. The van der Waals surface area contributed by atoms with Crippen molar-refractivity contribution < 1.29 is 5.11 Å². The summed E-state index contributed by atoms with van der Waals surface area (Å²) >= 11 is 0. The first kappa shape index (κ1) is 17.3. The topological polar surface area (TPSA) is 41.3 Å². The lowest BCUT2D eigenvalue weighted by atomic mass is 9.97. The normalized spacial score (nSPS) is 17.3. The Kier molecular flexibility index (Phi) is 4.13. The van der Waals surface area contributed by atoms with Crippen LogP contribution in [-0.4, -0.2) is 33.1 Å². The number of rotatable bonds is 3. The van der Waals surface area contributed by atoms with Crippen molar-refractivity contribution in [3.8, 4) is 0 Å². The first-order valence-corrected chi connectivity index (χ1v) is 9.30. The average Bonchev–Trinajstić information content (AvgIpc) is 2.87. The minimum absolute atomic E-state index is 0.528. The molecule has 3 heterocycles. The molecule has 0 aliphatic carbocycles. The molecule has 136 valence electrons. The maximum absolute atomic E-state index is 11.3. The SMILES string of the molecule is Cc1ccc2c(c1)c1c(n2CC(C)(O)c2ccc(C)nc2)CN(C)CC1. The number of likely N-dealkylation sites (N-methyl/N-ethyl adjacent to an activating group) is 1. The van der Waals surface area contributed by atoms with E-state index in [-0.39, 0.29) is 0 Å². The van der Waals surface area contributed by atoms with Gasteiger partial charge in [-0.2, -0.15) is 0 Å². The first-order chi connectivity index (χ1) is 12.3. The Hall–Kier alpha value is -2.17. The fourth-order valence-electron chi connectivity index (χ4n) is 4.05. The van der Waals surface area contributed by atoms with Crippen LogP contribution in [0, 0.1) is 13.8 Å². The van der Waals surface area contributed by atoms with Gasteiger partial charge in [-0.1, -0.05) is 17.7 Å². The molecule has 4 heteroatoms. The quantitative estimate of drug-likeness (QED) is 0.786. The van der Waals surface area contributed by atoms with Gasteiger partial charge in [0.25, 0.3) is 0 Å². The molecule has 0 fully saturated rings. The summed E-state index contributed by atoms with van der Waals surface area (Å²) in [5, 5.41) is 12.6. The van der Waals surface area contributed by atoms with Gasteiger partial charge in [0.05, 0.1) is 6.54 Å². The van der Waals surface area contributed by atoms with Gasteiger partial charge in [-0.3, -0.25) is 4.98 Å². The van der Waals surface area contributed by atoms with E-state index in [1.807, 2.05) is 26.0 Å². The number of aryl methyl sites for hydroxylation is 2. The summed E-state index contributed by atoms with van der Waals surface area (Å²) in [4.78, 5) is 6.72. The van der Waals surface area contributed by atoms with Gasteiger partial charge in [0.15, 0.2) is 0 Å². The smallest absolute Gasteiger partial charge is 0.106 e. The molecule has 1 aliphatic rings. The number of pyridine rings is 1. The van der Waals surface area contributed by atoms with Crippen LogP contribution in [0.1, 0.15) is 35.0 Å². The fraction of sp³-hybridized carbons (Fsp3) is 0.409. The predicted octanol–water partition coefficient (Wildman–Crippen LogP) is 3.55. The van der Waals surface area contributed by atoms with E-state index in [9.17, 15) is 5.11 Å².